The Morgan fingerprint density at radius 2 is 2.20 bits per heavy atom. The number of carbonyl (C=O) groups excluding carboxylic acids is 2. The number of nitrogens with one attached hydrogen (secondary N) is 2. The van der Waals surface area contributed by atoms with Crippen molar-refractivity contribution in [1.82, 2.24) is 10.3 Å². The summed E-state index contributed by atoms with van der Waals surface area (Å²) in [4.78, 5) is 24.0. The summed E-state index contributed by atoms with van der Waals surface area (Å²) in [6.45, 7) is 1.67. The van der Waals surface area contributed by atoms with Crippen LogP contribution in [0.5, 0.6) is 0 Å². The quantitative estimate of drug-likeness (QED) is 0.862. The SMILES string of the molecule is Cc1nonc1NC(=O)C1CC(=O)Nc2ccccc21. The van der Waals surface area contributed by atoms with Crippen molar-refractivity contribution in [1.29, 1.82) is 0 Å². The first-order chi connectivity index (χ1) is 9.65. The molecule has 0 spiro atoms. The Bertz CT molecular complexity index is 680. The van der Waals surface area contributed by atoms with Gasteiger partial charge in [0.15, 0.2) is 5.82 Å². The lowest BCUT2D eigenvalue weighted by molar-refractivity contribution is -0.123. The molecule has 0 radical (unpaired) electrons. The summed E-state index contributed by atoms with van der Waals surface area (Å²) in [6.07, 6.45) is 0.104. The van der Waals surface area contributed by atoms with E-state index in [4.69, 9.17) is 0 Å². The maximum atomic E-state index is 12.3. The van der Waals surface area contributed by atoms with E-state index in [2.05, 4.69) is 25.6 Å². The van der Waals surface area contributed by atoms with Crippen LogP contribution >= 0.6 is 0 Å². The van der Waals surface area contributed by atoms with Gasteiger partial charge in [-0.1, -0.05) is 23.4 Å². The Morgan fingerprint density at radius 3 is 2.95 bits per heavy atom. The summed E-state index contributed by atoms with van der Waals surface area (Å²) in [5, 5.41) is 12.6. The number of benzene rings is 1. The van der Waals surface area contributed by atoms with E-state index in [0.29, 0.717) is 11.4 Å². The Kier molecular flexibility index (Phi) is 2.94. The van der Waals surface area contributed by atoms with Crippen molar-refractivity contribution in [3.63, 3.8) is 0 Å². The fourth-order valence-corrected chi connectivity index (χ4v) is 2.19. The number of rotatable bonds is 2. The number of hydrogen-bond donors (Lipinski definition) is 2. The minimum Gasteiger partial charge on any atom is -0.326 e. The predicted octanol–water partition coefficient (Wildman–Crippen LogP) is 1.44. The third kappa shape index (κ3) is 2.13. The monoisotopic (exact) mass is 272 g/mol. The molecule has 2 aromatic rings. The van der Waals surface area contributed by atoms with Crippen molar-refractivity contribution < 1.29 is 14.2 Å². The van der Waals surface area contributed by atoms with E-state index in [1.807, 2.05) is 18.2 Å². The first-order valence-corrected chi connectivity index (χ1v) is 6.14. The summed E-state index contributed by atoms with van der Waals surface area (Å²) in [7, 11) is 0. The van der Waals surface area contributed by atoms with Crippen LogP contribution in [-0.2, 0) is 9.59 Å². The molecule has 7 nitrogen and oxygen atoms in total. The molecule has 1 unspecified atom stereocenters. The topological polar surface area (TPSA) is 97.1 Å². The lowest BCUT2D eigenvalue weighted by atomic mass is 9.90. The van der Waals surface area contributed by atoms with E-state index in [-0.39, 0.29) is 24.1 Å². The van der Waals surface area contributed by atoms with Crippen LogP contribution < -0.4 is 10.6 Å². The molecule has 0 saturated heterocycles. The van der Waals surface area contributed by atoms with Gasteiger partial charge in [0, 0.05) is 12.1 Å². The highest BCUT2D eigenvalue weighted by Gasteiger charge is 2.31. The number of aryl methyl sites for hydroxylation is 1. The molecule has 0 saturated carbocycles. The molecule has 102 valence electrons. The third-order valence-electron chi connectivity index (χ3n) is 3.21. The highest BCUT2D eigenvalue weighted by molar-refractivity contribution is 6.04. The molecule has 1 aromatic carbocycles. The second kappa shape index (κ2) is 4.76. The minimum absolute atomic E-state index is 0.104. The van der Waals surface area contributed by atoms with Gasteiger partial charge in [-0.05, 0) is 23.7 Å². The molecule has 0 bridgehead atoms. The molecule has 0 fully saturated rings. The van der Waals surface area contributed by atoms with Crippen LogP contribution in [0.4, 0.5) is 11.5 Å². The molecule has 1 atom stereocenters. The molecule has 7 heteroatoms. The third-order valence-corrected chi connectivity index (χ3v) is 3.21. The zero-order valence-electron chi connectivity index (χ0n) is 10.7. The normalized spacial score (nSPS) is 17.2. The number of anilines is 2. The summed E-state index contributed by atoms with van der Waals surface area (Å²) in [5.74, 6) is -0.750. The molecular formula is C13H12N4O3. The Hall–Kier alpha value is -2.70. The van der Waals surface area contributed by atoms with E-state index in [0.717, 1.165) is 5.56 Å². The molecule has 1 aliphatic rings. The van der Waals surface area contributed by atoms with E-state index in [1.165, 1.54) is 0 Å². The standard InChI is InChI=1S/C13H12N4O3/c1-7-12(17-20-16-7)15-13(19)9-6-11(18)14-10-5-3-2-4-8(9)10/h2-5,9H,6H2,1H3,(H,14,18)(H,15,17,19). The van der Waals surface area contributed by atoms with Crippen molar-refractivity contribution >= 4 is 23.3 Å². The molecule has 0 aliphatic carbocycles. The van der Waals surface area contributed by atoms with Gasteiger partial charge < -0.3 is 10.6 Å². The molecule has 2 N–H and O–H groups in total. The van der Waals surface area contributed by atoms with Crippen LogP contribution in [0.2, 0.25) is 0 Å². The van der Waals surface area contributed by atoms with E-state index in [9.17, 15) is 9.59 Å². The molecular weight excluding hydrogens is 260 g/mol. The van der Waals surface area contributed by atoms with Crippen molar-refractivity contribution in [3.8, 4) is 0 Å². The number of aromatic nitrogens is 2. The van der Waals surface area contributed by atoms with Crippen molar-refractivity contribution in [2.45, 2.75) is 19.3 Å². The number of fused-ring (bicyclic) bond motifs is 1. The number of carbonyl (C=O) groups is 2. The Morgan fingerprint density at radius 1 is 1.40 bits per heavy atom. The van der Waals surface area contributed by atoms with Gasteiger partial charge in [0.1, 0.15) is 5.69 Å². The van der Waals surface area contributed by atoms with E-state index in [1.54, 1.807) is 13.0 Å². The van der Waals surface area contributed by atoms with E-state index < -0.39 is 5.92 Å². The van der Waals surface area contributed by atoms with Gasteiger partial charge in [-0.2, -0.15) is 0 Å². The van der Waals surface area contributed by atoms with Crippen LogP contribution in [-0.4, -0.2) is 22.1 Å². The van der Waals surface area contributed by atoms with Gasteiger partial charge in [-0.3, -0.25) is 9.59 Å². The number of hydrogen-bond acceptors (Lipinski definition) is 5. The highest BCUT2D eigenvalue weighted by atomic mass is 16.6. The second-order valence-electron chi connectivity index (χ2n) is 4.58. The zero-order chi connectivity index (χ0) is 14.1. The molecule has 3 rings (SSSR count). The largest absolute Gasteiger partial charge is 0.326 e. The van der Waals surface area contributed by atoms with Gasteiger partial charge in [-0.25, -0.2) is 4.63 Å². The van der Waals surface area contributed by atoms with E-state index >= 15 is 0 Å². The maximum absolute atomic E-state index is 12.3. The molecule has 20 heavy (non-hydrogen) atoms. The van der Waals surface area contributed by atoms with Crippen LogP contribution in [0.3, 0.4) is 0 Å². The summed E-state index contributed by atoms with van der Waals surface area (Å²) >= 11 is 0. The fourth-order valence-electron chi connectivity index (χ4n) is 2.19. The number of amides is 2. The molecule has 2 heterocycles. The summed E-state index contributed by atoms with van der Waals surface area (Å²) in [5.41, 5.74) is 1.95. The number of nitrogens with zero attached hydrogens (tertiary/aromatic N) is 2. The average Bonchev–Trinajstić information content (AvgIpc) is 2.83. The molecule has 1 aromatic heterocycles. The van der Waals surface area contributed by atoms with Crippen LogP contribution in [0.1, 0.15) is 23.6 Å². The van der Waals surface area contributed by atoms with Gasteiger partial charge in [-0.15, -0.1) is 0 Å². The highest BCUT2D eigenvalue weighted by Crippen LogP contribution is 2.32. The van der Waals surface area contributed by atoms with Gasteiger partial charge >= 0.3 is 0 Å². The average molecular weight is 272 g/mol. The predicted molar refractivity (Wildman–Crippen MR) is 70.1 cm³/mol. The van der Waals surface area contributed by atoms with Gasteiger partial charge in [0.25, 0.3) is 0 Å². The first kappa shape index (κ1) is 12.3. The van der Waals surface area contributed by atoms with Crippen molar-refractivity contribution in [2.75, 3.05) is 10.6 Å². The van der Waals surface area contributed by atoms with Gasteiger partial charge in [0.05, 0.1) is 5.92 Å². The Balaban J connectivity index is 1.88. The maximum Gasteiger partial charge on any atom is 0.233 e. The first-order valence-electron chi connectivity index (χ1n) is 6.14. The Labute approximate surface area is 114 Å². The molecule has 1 aliphatic heterocycles. The zero-order valence-corrected chi connectivity index (χ0v) is 10.7. The second-order valence-corrected chi connectivity index (χ2v) is 4.58. The fraction of sp³-hybridized carbons (Fsp3) is 0.231. The van der Waals surface area contributed by atoms with Crippen molar-refractivity contribution in [3.05, 3.63) is 35.5 Å². The molecule has 2 amide bonds. The van der Waals surface area contributed by atoms with Crippen LogP contribution in [0.25, 0.3) is 0 Å². The minimum atomic E-state index is -0.545. The van der Waals surface area contributed by atoms with Gasteiger partial charge in [0.2, 0.25) is 11.8 Å². The summed E-state index contributed by atoms with van der Waals surface area (Å²) < 4.78 is 4.53. The summed E-state index contributed by atoms with van der Waals surface area (Å²) in [6, 6.07) is 7.24. The lowest BCUT2D eigenvalue weighted by Crippen LogP contribution is -2.31. The van der Waals surface area contributed by atoms with Crippen molar-refractivity contribution in [2.24, 2.45) is 0 Å². The lowest BCUT2D eigenvalue weighted by Gasteiger charge is -2.24. The van der Waals surface area contributed by atoms with Crippen LogP contribution in [0.15, 0.2) is 28.9 Å². The van der Waals surface area contributed by atoms with Crippen LogP contribution in [0, 0.1) is 6.92 Å². The smallest absolute Gasteiger partial charge is 0.233 e. The number of para-hydroxylation sites is 1.